The van der Waals surface area contributed by atoms with Crippen LogP contribution in [0.15, 0.2) is 67.0 Å². The number of sulfonamides is 1. The first-order valence-electron chi connectivity index (χ1n) is 8.76. The fraction of sp³-hybridized carbons (Fsp3) is 0.0476. The fourth-order valence-corrected chi connectivity index (χ4v) is 3.72. The molecule has 4 rings (SSSR count). The minimum atomic E-state index is -3.38. The molecule has 0 spiro atoms. The predicted molar refractivity (Wildman–Crippen MR) is 114 cm³/mol. The zero-order valence-electron chi connectivity index (χ0n) is 15.5. The zero-order chi connectivity index (χ0) is 20.6. The van der Waals surface area contributed by atoms with Crippen molar-refractivity contribution in [2.75, 3.05) is 16.7 Å². The van der Waals surface area contributed by atoms with E-state index in [-0.39, 0.29) is 5.78 Å². The summed E-state index contributed by atoms with van der Waals surface area (Å²) in [4.78, 5) is 20.4. The van der Waals surface area contributed by atoms with Gasteiger partial charge in [-0.15, -0.1) is 0 Å². The molecule has 7 nitrogen and oxygen atoms in total. The normalized spacial score (nSPS) is 11.5. The molecule has 0 saturated carbocycles. The zero-order valence-corrected chi connectivity index (χ0v) is 16.3. The molecule has 29 heavy (non-hydrogen) atoms. The average Bonchev–Trinajstić information content (AvgIpc) is 3.09. The van der Waals surface area contributed by atoms with Crippen LogP contribution in [0.4, 0.5) is 11.4 Å². The van der Waals surface area contributed by atoms with Crippen molar-refractivity contribution in [3.63, 3.8) is 0 Å². The smallest absolute Gasteiger partial charge is 0.229 e. The Morgan fingerprint density at radius 1 is 1.07 bits per heavy atom. The molecule has 0 amide bonds. The lowest BCUT2D eigenvalue weighted by atomic mass is 10.0. The number of rotatable bonds is 5. The van der Waals surface area contributed by atoms with Crippen molar-refractivity contribution in [1.29, 1.82) is 0 Å². The van der Waals surface area contributed by atoms with Crippen molar-refractivity contribution in [1.82, 2.24) is 9.97 Å². The molecule has 0 atom stereocenters. The first-order chi connectivity index (χ1) is 13.8. The molecule has 0 saturated heterocycles. The number of nitrogens with two attached hydrogens (primary N) is 1. The van der Waals surface area contributed by atoms with Crippen molar-refractivity contribution in [2.45, 2.75) is 0 Å². The molecule has 0 aliphatic carbocycles. The molecule has 8 heteroatoms. The number of aromatic amines is 1. The molecular weight excluding hydrogens is 388 g/mol. The number of aromatic nitrogens is 2. The molecule has 2 heterocycles. The number of ketones is 1. The molecule has 0 fully saturated rings. The van der Waals surface area contributed by atoms with Gasteiger partial charge in [-0.2, -0.15) is 0 Å². The van der Waals surface area contributed by atoms with Gasteiger partial charge in [0, 0.05) is 45.8 Å². The van der Waals surface area contributed by atoms with Gasteiger partial charge in [-0.3, -0.25) is 9.52 Å². The highest BCUT2D eigenvalue weighted by Crippen LogP contribution is 2.28. The van der Waals surface area contributed by atoms with Crippen molar-refractivity contribution in [3.05, 3.63) is 78.1 Å². The number of nitrogens with one attached hydrogen (secondary N) is 2. The van der Waals surface area contributed by atoms with Crippen molar-refractivity contribution < 1.29 is 13.2 Å². The van der Waals surface area contributed by atoms with Gasteiger partial charge in [0.2, 0.25) is 10.0 Å². The Balaban J connectivity index is 1.76. The van der Waals surface area contributed by atoms with Crippen molar-refractivity contribution in [2.24, 2.45) is 0 Å². The van der Waals surface area contributed by atoms with E-state index < -0.39 is 10.0 Å². The number of hydrogen-bond acceptors (Lipinski definition) is 5. The third kappa shape index (κ3) is 3.97. The number of nitrogen functional groups attached to an aromatic ring is 1. The second-order valence-electron chi connectivity index (χ2n) is 6.73. The van der Waals surface area contributed by atoms with Gasteiger partial charge in [0.15, 0.2) is 5.78 Å². The van der Waals surface area contributed by atoms with Gasteiger partial charge in [-0.1, -0.05) is 24.3 Å². The van der Waals surface area contributed by atoms with Gasteiger partial charge in [0.1, 0.15) is 5.65 Å². The van der Waals surface area contributed by atoms with E-state index in [9.17, 15) is 13.2 Å². The summed E-state index contributed by atoms with van der Waals surface area (Å²) in [6, 6.07) is 15.7. The third-order valence-corrected chi connectivity index (χ3v) is 5.03. The standard InChI is InChI=1S/C21H18N4O3S/c1-29(27,28)25-17-7-3-4-13(9-17)15-10-18-19(12-24-21(18)23-11-15)20(26)14-5-2-6-16(22)8-14/h2-12,25H,22H2,1H3,(H,23,24). The number of nitrogens with zero attached hydrogens (tertiary/aromatic N) is 1. The van der Waals surface area contributed by atoms with Crippen LogP contribution in [-0.4, -0.2) is 30.4 Å². The van der Waals surface area contributed by atoms with E-state index in [1.54, 1.807) is 54.9 Å². The Kier molecular flexibility index (Phi) is 4.56. The molecule has 2 aromatic carbocycles. The Morgan fingerprint density at radius 2 is 1.86 bits per heavy atom. The molecule has 0 unspecified atom stereocenters. The Bertz CT molecular complexity index is 1340. The van der Waals surface area contributed by atoms with Crippen LogP contribution in [0.25, 0.3) is 22.2 Å². The Hall–Kier alpha value is -3.65. The first-order valence-corrected chi connectivity index (χ1v) is 10.6. The maximum atomic E-state index is 13.0. The molecular formula is C21H18N4O3S. The lowest BCUT2D eigenvalue weighted by Gasteiger charge is -2.07. The number of pyridine rings is 1. The SMILES string of the molecule is CS(=O)(=O)Nc1cccc(-c2cnc3[nH]cc(C(=O)c4cccc(N)c4)c3c2)c1. The molecule has 0 aliphatic rings. The molecule has 4 aromatic rings. The number of carbonyl (C=O) groups excluding carboxylic acids is 1. The predicted octanol–water partition coefficient (Wildman–Crippen LogP) is 3.41. The van der Waals surface area contributed by atoms with Crippen LogP contribution in [0, 0.1) is 0 Å². The molecule has 4 N–H and O–H groups in total. The van der Waals surface area contributed by atoms with Gasteiger partial charge >= 0.3 is 0 Å². The van der Waals surface area contributed by atoms with Gasteiger partial charge in [0.25, 0.3) is 0 Å². The van der Waals surface area contributed by atoms with Gasteiger partial charge in [-0.05, 0) is 35.9 Å². The highest BCUT2D eigenvalue weighted by molar-refractivity contribution is 7.92. The number of benzene rings is 2. The van der Waals surface area contributed by atoms with E-state index >= 15 is 0 Å². The summed E-state index contributed by atoms with van der Waals surface area (Å²) in [6.45, 7) is 0. The number of hydrogen-bond donors (Lipinski definition) is 3. The average molecular weight is 406 g/mol. The summed E-state index contributed by atoms with van der Waals surface area (Å²) in [6.07, 6.45) is 4.41. The second kappa shape index (κ2) is 7.06. The van der Waals surface area contributed by atoms with E-state index in [1.165, 1.54) is 0 Å². The molecule has 146 valence electrons. The summed E-state index contributed by atoms with van der Waals surface area (Å²) in [5.41, 5.74) is 9.88. The number of H-pyrrole nitrogens is 1. The van der Waals surface area contributed by atoms with E-state index in [0.29, 0.717) is 33.5 Å². The number of anilines is 2. The monoisotopic (exact) mass is 406 g/mol. The van der Waals surface area contributed by atoms with Gasteiger partial charge < -0.3 is 10.7 Å². The van der Waals surface area contributed by atoms with Gasteiger partial charge in [0.05, 0.1) is 6.26 Å². The maximum absolute atomic E-state index is 13.0. The molecule has 0 aliphatic heterocycles. The minimum Gasteiger partial charge on any atom is -0.399 e. The van der Waals surface area contributed by atoms with Crippen LogP contribution in [0.3, 0.4) is 0 Å². The summed E-state index contributed by atoms with van der Waals surface area (Å²) in [5, 5.41) is 0.677. The number of carbonyl (C=O) groups is 1. The highest BCUT2D eigenvalue weighted by atomic mass is 32.2. The largest absolute Gasteiger partial charge is 0.399 e. The van der Waals surface area contributed by atoms with E-state index in [4.69, 9.17) is 5.73 Å². The third-order valence-electron chi connectivity index (χ3n) is 4.42. The van der Waals surface area contributed by atoms with Crippen LogP contribution in [-0.2, 0) is 10.0 Å². The highest BCUT2D eigenvalue weighted by Gasteiger charge is 2.16. The number of fused-ring (bicyclic) bond motifs is 1. The first kappa shape index (κ1) is 18.7. The summed E-state index contributed by atoms with van der Waals surface area (Å²) in [7, 11) is -3.38. The van der Waals surface area contributed by atoms with E-state index in [2.05, 4.69) is 14.7 Å². The minimum absolute atomic E-state index is 0.157. The Morgan fingerprint density at radius 3 is 2.62 bits per heavy atom. The van der Waals surface area contributed by atoms with Crippen molar-refractivity contribution >= 4 is 38.2 Å². The van der Waals surface area contributed by atoms with Crippen LogP contribution in [0.2, 0.25) is 0 Å². The quantitative estimate of drug-likeness (QED) is 0.347. The summed E-state index contributed by atoms with van der Waals surface area (Å²) >= 11 is 0. The van der Waals surface area contributed by atoms with E-state index in [0.717, 1.165) is 17.4 Å². The molecule has 2 aromatic heterocycles. The maximum Gasteiger partial charge on any atom is 0.229 e. The second-order valence-corrected chi connectivity index (χ2v) is 8.48. The van der Waals surface area contributed by atoms with Crippen LogP contribution in [0.1, 0.15) is 15.9 Å². The lowest BCUT2D eigenvalue weighted by Crippen LogP contribution is -2.09. The van der Waals surface area contributed by atoms with Crippen LogP contribution >= 0.6 is 0 Å². The van der Waals surface area contributed by atoms with Gasteiger partial charge in [-0.25, -0.2) is 13.4 Å². The summed E-state index contributed by atoms with van der Waals surface area (Å²) < 4.78 is 25.4. The van der Waals surface area contributed by atoms with Crippen LogP contribution in [0.5, 0.6) is 0 Å². The fourth-order valence-electron chi connectivity index (χ4n) is 3.16. The van der Waals surface area contributed by atoms with Crippen molar-refractivity contribution in [3.8, 4) is 11.1 Å². The lowest BCUT2D eigenvalue weighted by molar-refractivity contribution is 0.104. The topological polar surface area (TPSA) is 118 Å². The molecule has 0 bridgehead atoms. The molecule has 0 radical (unpaired) electrons. The van der Waals surface area contributed by atoms with E-state index in [1.807, 2.05) is 12.1 Å². The summed E-state index contributed by atoms with van der Waals surface area (Å²) in [5.74, 6) is -0.157. The van der Waals surface area contributed by atoms with Crippen LogP contribution < -0.4 is 10.5 Å². The Labute approximate surface area is 167 Å².